The first-order chi connectivity index (χ1) is 6.75. The van der Waals surface area contributed by atoms with Crippen LogP contribution in [0.25, 0.3) is 0 Å². The van der Waals surface area contributed by atoms with Gasteiger partial charge in [0.1, 0.15) is 11.9 Å². The summed E-state index contributed by atoms with van der Waals surface area (Å²) in [5, 5.41) is 0. The van der Waals surface area contributed by atoms with Gasteiger partial charge in [-0.15, -0.1) is 0 Å². The second-order valence-corrected chi connectivity index (χ2v) is 3.48. The van der Waals surface area contributed by atoms with Gasteiger partial charge in [-0.3, -0.25) is 4.79 Å². The predicted molar refractivity (Wildman–Crippen MR) is 53.1 cm³/mol. The minimum Gasteiger partial charge on any atom is -0.487 e. The molecule has 0 N–H and O–H groups in total. The molecule has 14 heavy (non-hydrogen) atoms. The van der Waals surface area contributed by atoms with Crippen molar-refractivity contribution in [1.29, 1.82) is 0 Å². The van der Waals surface area contributed by atoms with Crippen LogP contribution in [0.4, 0.5) is 0 Å². The molecule has 1 aliphatic heterocycles. The third-order valence-electron chi connectivity index (χ3n) is 2.34. The molecule has 1 aliphatic rings. The maximum Gasteiger partial charge on any atom is 0.219 e. The number of rotatable bonds is 2. The minimum atomic E-state index is 0.123. The summed E-state index contributed by atoms with van der Waals surface area (Å²) in [4.78, 5) is 12.7. The largest absolute Gasteiger partial charge is 0.487 e. The number of para-hydroxylation sites is 1. The van der Waals surface area contributed by atoms with E-state index in [1.165, 1.54) is 0 Å². The van der Waals surface area contributed by atoms with E-state index in [1.807, 2.05) is 30.3 Å². The molecule has 0 saturated carbocycles. The molecule has 0 spiro atoms. The normalized spacial score (nSPS) is 16.2. The topological polar surface area (TPSA) is 29.5 Å². The highest BCUT2D eigenvalue weighted by atomic mass is 16.5. The maximum absolute atomic E-state index is 10.9. The van der Waals surface area contributed by atoms with Crippen molar-refractivity contribution in [2.75, 3.05) is 13.1 Å². The highest BCUT2D eigenvalue weighted by Crippen LogP contribution is 2.17. The van der Waals surface area contributed by atoms with E-state index in [9.17, 15) is 4.79 Å². The molecule has 1 amide bonds. The first-order valence-electron chi connectivity index (χ1n) is 4.73. The molecule has 1 saturated heterocycles. The van der Waals surface area contributed by atoms with Crippen LogP contribution in [0.1, 0.15) is 6.92 Å². The number of ether oxygens (including phenoxy) is 1. The molecule has 1 fully saturated rings. The zero-order valence-electron chi connectivity index (χ0n) is 8.14. The zero-order valence-corrected chi connectivity index (χ0v) is 8.14. The molecule has 1 heterocycles. The first kappa shape index (κ1) is 9.06. The quantitative estimate of drug-likeness (QED) is 0.705. The second-order valence-electron chi connectivity index (χ2n) is 3.48. The number of benzene rings is 1. The number of likely N-dealkylation sites (tertiary alicyclic amines) is 1. The Kier molecular flexibility index (Phi) is 2.39. The molecule has 1 aromatic carbocycles. The van der Waals surface area contributed by atoms with Crippen LogP contribution in [0, 0.1) is 0 Å². The van der Waals surface area contributed by atoms with Gasteiger partial charge in [-0.2, -0.15) is 0 Å². The summed E-state index contributed by atoms with van der Waals surface area (Å²) in [5.41, 5.74) is 0. The number of carbonyl (C=O) groups excluding carboxylic acids is 1. The number of nitrogens with zero attached hydrogens (tertiary/aromatic N) is 1. The molecular weight excluding hydrogens is 178 g/mol. The van der Waals surface area contributed by atoms with Crippen molar-refractivity contribution >= 4 is 5.91 Å². The number of hydrogen-bond donors (Lipinski definition) is 0. The third kappa shape index (κ3) is 1.87. The summed E-state index contributed by atoms with van der Waals surface area (Å²) in [6, 6.07) is 9.69. The molecular formula is C11H13NO2. The van der Waals surface area contributed by atoms with Crippen molar-refractivity contribution in [2.24, 2.45) is 0 Å². The summed E-state index contributed by atoms with van der Waals surface area (Å²) < 4.78 is 5.64. The van der Waals surface area contributed by atoms with E-state index in [1.54, 1.807) is 11.8 Å². The lowest BCUT2D eigenvalue weighted by atomic mass is 10.1. The van der Waals surface area contributed by atoms with Gasteiger partial charge < -0.3 is 9.64 Å². The molecule has 0 atom stereocenters. The molecule has 0 radical (unpaired) electrons. The van der Waals surface area contributed by atoms with Gasteiger partial charge in [0.15, 0.2) is 0 Å². The van der Waals surface area contributed by atoms with Crippen molar-refractivity contribution < 1.29 is 9.53 Å². The van der Waals surface area contributed by atoms with E-state index in [0.29, 0.717) is 13.1 Å². The van der Waals surface area contributed by atoms with Gasteiger partial charge in [-0.25, -0.2) is 0 Å². The Labute approximate surface area is 83.3 Å². The van der Waals surface area contributed by atoms with Crippen molar-refractivity contribution in [1.82, 2.24) is 4.90 Å². The SMILES string of the molecule is CC(=O)N1CC(Oc2ccccc2)C1. The highest BCUT2D eigenvalue weighted by Gasteiger charge is 2.29. The summed E-state index contributed by atoms with van der Waals surface area (Å²) in [6.07, 6.45) is 0.168. The zero-order chi connectivity index (χ0) is 9.97. The summed E-state index contributed by atoms with van der Waals surface area (Å²) in [6.45, 7) is 3.01. The fourth-order valence-electron chi connectivity index (χ4n) is 1.46. The summed E-state index contributed by atoms with van der Waals surface area (Å²) in [7, 11) is 0. The lowest BCUT2D eigenvalue weighted by molar-refractivity contribution is -0.137. The van der Waals surface area contributed by atoms with E-state index in [4.69, 9.17) is 4.74 Å². The van der Waals surface area contributed by atoms with Crippen LogP contribution in [0.3, 0.4) is 0 Å². The van der Waals surface area contributed by atoms with Gasteiger partial charge in [0, 0.05) is 6.92 Å². The Balaban J connectivity index is 1.82. The van der Waals surface area contributed by atoms with Crippen LogP contribution in [0.2, 0.25) is 0 Å². The predicted octanol–water partition coefficient (Wildman–Crippen LogP) is 1.30. The Morgan fingerprint density at radius 1 is 1.36 bits per heavy atom. The number of carbonyl (C=O) groups is 1. The van der Waals surface area contributed by atoms with Crippen LogP contribution >= 0.6 is 0 Å². The minimum absolute atomic E-state index is 0.123. The molecule has 2 rings (SSSR count). The molecule has 74 valence electrons. The molecule has 3 nitrogen and oxygen atoms in total. The summed E-state index contributed by atoms with van der Waals surface area (Å²) >= 11 is 0. The third-order valence-corrected chi connectivity index (χ3v) is 2.34. The Morgan fingerprint density at radius 2 is 2.00 bits per heavy atom. The first-order valence-corrected chi connectivity index (χ1v) is 4.73. The maximum atomic E-state index is 10.9. The standard InChI is InChI=1S/C11H13NO2/c1-9(13)12-7-11(8-12)14-10-5-3-2-4-6-10/h2-6,11H,7-8H2,1H3. The molecule has 0 aromatic heterocycles. The average Bonchev–Trinajstić information content (AvgIpc) is 2.12. The van der Waals surface area contributed by atoms with Gasteiger partial charge in [0.2, 0.25) is 5.91 Å². The molecule has 1 aromatic rings. The van der Waals surface area contributed by atoms with E-state index in [0.717, 1.165) is 5.75 Å². The van der Waals surface area contributed by atoms with Gasteiger partial charge in [0.25, 0.3) is 0 Å². The molecule has 0 unspecified atom stereocenters. The monoisotopic (exact) mass is 191 g/mol. The van der Waals surface area contributed by atoms with Crippen molar-refractivity contribution in [3.63, 3.8) is 0 Å². The molecule has 0 aliphatic carbocycles. The van der Waals surface area contributed by atoms with Crippen LogP contribution in [-0.4, -0.2) is 30.0 Å². The van der Waals surface area contributed by atoms with Crippen LogP contribution in [-0.2, 0) is 4.79 Å². The highest BCUT2D eigenvalue weighted by molar-refractivity contribution is 5.74. The second kappa shape index (κ2) is 3.70. The van der Waals surface area contributed by atoms with Crippen molar-refractivity contribution in [3.05, 3.63) is 30.3 Å². The smallest absolute Gasteiger partial charge is 0.219 e. The van der Waals surface area contributed by atoms with Crippen LogP contribution < -0.4 is 4.74 Å². The van der Waals surface area contributed by atoms with E-state index >= 15 is 0 Å². The fourth-order valence-corrected chi connectivity index (χ4v) is 1.46. The van der Waals surface area contributed by atoms with Crippen LogP contribution in [0.15, 0.2) is 30.3 Å². The van der Waals surface area contributed by atoms with Crippen molar-refractivity contribution in [3.8, 4) is 5.75 Å². The number of hydrogen-bond acceptors (Lipinski definition) is 2. The molecule has 3 heteroatoms. The van der Waals surface area contributed by atoms with Gasteiger partial charge in [-0.05, 0) is 12.1 Å². The fraction of sp³-hybridized carbons (Fsp3) is 0.364. The molecule has 0 bridgehead atoms. The van der Waals surface area contributed by atoms with Crippen molar-refractivity contribution in [2.45, 2.75) is 13.0 Å². The van der Waals surface area contributed by atoms with E-state index < -0.39 is 0 Å². The lowest BCUT2D eigenvalue weighted by Gasteiger charge is -2.38. The van der Waals surface area contributed by atoms with Gasteiger partial charge in [-0.1, -0.05) is 18.2 Å². The Morgan fingerprint density at radius 3 is 2.57 bits per heavy atom. The Bertz CT molecular complexity index is 317. The average molecular weight is 191 g/mol. The lowest BCUT2D eigenvalue weighted by Crippen LogP contribution is -2.55. The summed E-state index contributed by atoms with van der Waals surface area (Å²) in [5.74, 6) is 0.999. The van der Waals surface area contributed by atoms with E-state index in [2.05, 4.69) is 0 Å². The van der Waals surface area contributed by atoms with E-state index in [-0.39, 0.29) is 12.0 Å². The number of amides is 1. The van der Waals surface area contributed by atoms with Gasteiger partial charge >= 0.3 is 0 Å². The Hall–Kier alpha value is -1.51. The van der Waals surface area contributed by atoms with Crippen LogP contribution in [0.5, 0.6) is 5.75 Å². The van der Waals surface area contributed by atoms with Gasteiger partial charge in [0.05, 0.1) is 13.1 Å².